The van der Waals surface area contributed by atoms with Crippen molar-refractivity contribution in [1.82, 2.24) is 9.55 Å². The van der Waals surface area contributed by atoms with Crippen molar-refractivity contribution in [2.45, 2.75) is 18.2 Å². The molecule has 0 radical (unpaired) electrons. The number of hydrogen-bond acceptors (Lipinski definition) is 4. The summed E-state index contributed by atoms with van der Waals surface area (Å²) in [4.78, 5) is 25.8. The number of aryl methyl sites for hydroxylation is 1. The SMILES string of the molecule is O=c1[nH]c(=O)n(CCC(S)CS)c2ccccc12. The lowest BCUT2D eigenvalue weighted by molar-refractivity contribution is 0.629. The van der Waals surface area contributed by atoms with E-state index in [1.54, 1.807) is 22.8 Å². The summed E-state index contributed by atoms with van der Waals surface area (Å²) in [7, 11) is 0. The van der Waals surface area contributed by atoms with E-state index in [1.807, 2.05) is 6.07 Å². The predicted molar refractivity (Wildman–Crippen MR) is 80.1 cm³/mol. The Morgan fingerprint density at radius 1 is 1.28 bits per heavy atom. The van der Waals surface area contributed by atoms with Gasteiger partial charge in [-0.1, -0.05) is 12.1 Å². The number of aromatic nitrogens is 2. The van der Waals surface area contributed by atoms with E-state index in [0.717, 1.165) is 6.42 Å². The second-order valence-corrected chi connectivity index (χ2v) is 5.15. The first-order chi connectivity index (χ1) is 8.63. The van der Waals surface area contributed by atoms with Gasteiger partial charge in [-0.15, -0.1) is 0 Å². The van der Waals surface area contributed by atoms with Crippen molar-refractivity contribution in [1.29, 1.82) is 0 Å². The fourth-order valence-corrected chi connectivity index (χ4v) is 2.13. The van der Waals surface area contributed by atoms with Crippen LogP contribution in [-0.4, -0.2) is 20.6 Å². The highest BCUT2D eigenvalue weighted by Crippen LogP contribution is 2.10. The summed E-state index contributed by atoms with van der Waals surface area (Å²) in [5, 5.41) is 0.657. The van der Waals surface area contributed by atoms with Gasteiger partial charge in [-0.3, -0.25) is 14.3 Å². The summed E-state index contributed by atoms with van der Waals surface area (Å²) in [5.74, 6) is 0.652. The third kappa shape index (κ3) is 2.64. The lowest BCUT2D eigenvalue weighted by atomic mass is 10.2. The van der Waals surface area contributed by atoms with Gasteiger partial charge in [0.05, 0.1) is 10.9 Å². The average molecular weight is 282 g/mol. The predicted octanol–water partition coefficient (Wildman–Crippen LogP) is 1.31. The molecule has 0 saturated carbocycles. The second-order valence-electron chi connectivity index (χ2n) is 4.05. The first-order valence-corrected chi connectivity index (χ1v) is 6.79. The normalized spacial score (nSPS) is 12.8. The van der Waals surface area contributed by atoms with E-state index >= 15 is 0 Å². The fourth-order valence-electron chi connectivity index (χ4n) is 1.83. The van der Waals surface area contributed by atoms with Gasteiger partial charge < -0.3 is 0 Å². The molecule has 2 aromatic rings. The van der Waals surface area contributed by atoms with Crippen LogP contribution in [-0.2, 0) is 6.54 Å². The number of nitrogens with zero attached hydrogens (tertiary/aromatic N) is 1. The molecule has 0 aliphatic heterocycles. The van der Waals surface area contributed by atoms with Gasteiger partial charge in [0, 0.05) is 17.5 Å². The number of thiol groups is 2. The standard InChI is InChI=1S/C12H14N2O2S2/c15-11-9-3-1-2-4-10(9)14(12(16)13-11)6-5-8(18)7-17/h1-4,8,17-18H,5-7H2,(H,13,15,16). The fraction of sp³-hybridized carbons (Fsp3) is 0.333. The second kappa shape index (κ2) is 5.67. The van der Waals surface area contributed by atoms with Gasteiger partial charge in [0.25, 0.3) is 5.56 Å². The van der Waals surface area contributed by atoms with Crippen molar-refractivity contribution in [2.24, 2.45) is 0 Å². The van der Waals surface area contributed by atoms with E-state index in [0.29, 0.717) is 23.2 Å². The summed E-state index contributed by atoms with van der Waals surface area (Å²) in [6.45, 7) is 0.519. The number of hydrogen-bond donors (Lipinski definition) is 3. The molecule has 0 saturated heterocycles. The summed E-state index contributed by atoms with van der Waals surface area (Å²) >= 11 is 8.50. The Balaban J connectivity index is 2.50. The highest BCUT2D eigenvalue weighted by molar-refractivity contribution is 7.84. The number of aromatic amines is 1. The number of H-pyrrole nitrogens is 1. The minimum atomic E-state index is -0.376. The van der Waals surface area contributed by atoms with E-state index in [4.69, 9.17) is 0 Å². The van der Waals surface area contributed by atoms with Crippen LogP contribution in [0.1, 0.15) is 6.42 Å². The lowest BCUT2D eigenvalue weighted by Gasteiger charge is -2.11. The summed E-state index contributed by atoms with van der Waals surface area (Å²) in [6, 6.07) is 7.08. The minimum absolute atomic E-state index is 0.130. The van der Waals surface area contributed by atoms with Crippen molar-refractivity contribution in [3.63, 3.8) is 0 Å². The molecular weight excluding hydrogens is 268 g/mol. The highest BCUT2D eigenvalue weighted by Gasteiger charge is 2.08. The highest BCUT2D eigenvalue weighted by atomic mass is 32.1. The van der Waals surface area contributed by atoms with Crippen LogP contribution in [0, 0.1) is 0 Å². The topological polar surface area (TPSA) is 54.9 Å². The molecule has 4 nitrogen and oxygen atoms in total. The maximum absolute atomic E-state index is 11.8. The number of nitrogens with one attached hydrogen (secondary N) is 1. The maximum Gasteiger partial charge on any atom is 0.328 e. The van der Waals surface area contributed by atoms with E-state index in [1.165, 1.54) is 0 Å². The molecule has 1 heterocycles. The van der Waals surface area contributed by atoms with Gasteiger partial charge >= 0.3 is 5.69 Å². The van der Waals surface area contributed by atoms with Crippen LogP contribution < -0.4 is 11.2 Å². The number of para-hydroxylation sites is 1. The van der Waals surface area contributed by atoms with Gasteiger partial charge in [0.2, 0.25) is 0 Å². The minimum Gasteiger partial charge on any atom is -0.293 e. The van der Waals surface area contributed by atoms with E-state index < -0.39 is 0 Å². The van der Waals surface area contributed by atoms with Crippen LogP contribution in [0.25, 0.3) is 10.9 Å². The Morgan fingerprint density at radius 2 is 2.00 bits per heavy atom. The molecule has 2 rings (SSSR count). The van der Waals surface area contributed by atoms with Crippen LogP contribution in [0.3, 0.4) is 0 Å². The zero-order chi connectivity index (χ0) is 13.1. The molecule has 1 unspecified atom stereocenters. The Bertz CT molecular complexity index is 663. The smallest absolute Gasteiger partial charge is 0.293 e. The monoisotopic (exact) mass is 282 g/mol. The molecule has 0 amide bonds. The molecule has 18 heavy (non-hydrogen) atoms. The molecule has 1 aromatic carbocycles. The summed E-state index contributed by atoms with van der Waals surface area (Å²) in [6.07, 6.45) is 0.725. The zero-order valence-electron chi connectivity index (χ0n) is 9.67. The van der Waals surface area contributed by atoms with E-state index in [-0.39, 0.29) is 16.5 Å². The molecule has 1 aromatic heterocycles. The van der Waals surface area contributed by atoms with Crippen LogP contribution >= 0.6 is 25.3 Å². The average Bonchev–Trinajstić information content (AvgIpc) is 2.38. The van der Waals surface area contributed by atoms with Crippen LogP contribution in [0.5, 0.6) is 0 Å². The Labute approximate surface area is 115 Å². The summed E-state index contributed by atoms with van der Waals surface area (Å²) in [5.41, 5.74) is -0.0622. The van der Waals surface area contributed by atoms with Crippen molar-refractivity contribution >= 4 is 36.2 Å². The van der Waals surface area contributed by atoms with Gasteiger partial charge in [-0.05, 0) is 18.6 Å². The molecule has 6 heteroatoms. The molecule has 0 aliphatic rings. The molecule has 1 N–H and O–H groups in total. The van der Waals surface area contributed by atoms with E-state index in [2.05, 4.69) is 30.2 Å². The molecule has 1 atom stereocenters. The molecule has 0 fully saturated rings. The first-order valence-electron chi connectivity index (χ1n) is 5.64. The number of rotatable bonds is 4. The maximum atomic E-state index is 11.8. The van der Waals surface area contributed by atoms with Gasteiger partial charge in [0.15, 0.2) is 0 Å². The Kier molecular flexibility index (Phi) is 4.19. The van der Waals surface area contributed by atoms with Gasteiger partial charge in [0.1, 0.15) is 0 Å². The molecule has 0 bridgehead atoms. The number of benzene rings is 1. The molecular formula is C12H14N2O2S2. The zero-order valence-corrected chi connectivity index (χ0v) is 11.5. The van der Waals surface area contributed by atoms with Crippen molar-refractivity contribution in [3.8, 4) is 0 Å². The Morgan fingerprint density at radius 3 is 2.72 bits per heavy atom. The van der Waals surface area contributed by atoms with Crippen LogP contribution in [0.2, 0.25) is 0 Å². The van der Waals surface area contributed by atoms with Crippen molar-refractivity contribution in [2.75, 3.05) is 5.75 Å². The van der Waals surface area contributed by atoms with Crippen molar-refractivity contribution < 1.29 is 0 Å². The van der Waals surface area contributed by atoms with Gasteiger partial charge in [-0.25, -0.2) is 4.79 Å². The molecule has 0 spiro atoms. The Hall–Kier alpha value is -1.14. The molecule has 0 aliphatic carbocycles. The third-order valence-electron chi connectivity index (χ3n) is 2.80. The van der Waals surface area contributed by atoms with E-state index in [9.17, 15) is 9.59 Å². The quantitative estimate of drug-likeness (QED) is 0.741. The number of fused-ring (bicyclic) bond motifs is 1. The van der Waals surface area contributed by atoms with Gasteiger partial charge in [-0.2, -0.15) is 25.3 Å². The summed E-state index contributed by atoms with van der Waals surface area (Å²) < 4.78 is 1.57. The van der Waals surface area contributed by atoms with Crippen molar-refractivity contribution in [3.05, 3.63) is 45.1 Å². The first kappa shape index (κ1) is 13.3. The lowest BCUT2D eigenvalue weighted by Crippen LogP contribution is -2.31. The largest absolute Gasteiger partial charge is 0.328 e. The van der Waals surface area contributed by atoms with Crippen LogP contribution in [0.4, 0.5) is 0 Å². The molecule has 96 valence electrons. The van der Waals surface area contributed by atoms with Crippen LogP contribution in [0.15, 0.2) is 33.9 Å². The third-order valence-corrected chi connectivity index (χ3v) is 3.97.